The first-order valence-corrected chi connectivity index (χ1v) is 11.0. The van der Waals surface area contributed by atoms with Crippen molar-refractivity contribution in [2.45, 2.75) is 46.8 Å². The van der Waals surface area contributed by atoms with Gasteiger partial charge in [0.15, 0.2) is 0 Å². The number of allylic oxidation sites excluding steroid dienone is 1. The molecule has 10 nitrogen and oxygen atoms in total. The third kappa shape index (κ3) is 5.14. The van der Waals surface area contributed by atoms with E-state index in [1.165, 1.54) is 0 Å². The van der Waals surface area contributed by atoms with E-state index in [4.69, 9.17) is 4.74 Å². The van der Waals surface area contributed by atoms with Gasteiger partial charge in [-0.2, -0.15) is 20.3 Å². The van der Waals surface area contributed by atoms with Crippen molar-refractivity contribution in [3.8, 4) is 11.9 Å². The number of hydrogen-bond acceptors (Lipinski definition) is 7. The summed E-state index contributed by atoms with van der Waals surface area (Å²) in [6.07, 6.45) is 7.52. The summed E-state index contributed by atoms with van der Waals surface area (Å²) >= 11 is 0. The Bertz CT molecular complexity index is 1230. The maximum atomic E-state index is 12.8. The second-order valence-electron chi connectivity index (χ2n) is 9.12. The first-order chi connectivity index (χ1) is 15.8. The van der Waals surface area contributed by atoms with Gasteiger partial charge in [0.05, 0.1) is 23.8 Å². The molecule has 1 saturated heterocycles. The monoisotopic (exact) mass is 448 g/mol. The molecule has 1 aliphatic rings. The number of aromatic amines is 1. The van der Waals surface area contributed by atoms with Crippen LogP contribution in [0, 0.1) is 16.7 Å². The molecule has 0 radical (unpaired) electrons. The summed E-state index contributed by atoms with van der Waals surface area (Å²) in [5.41, 5.74) is 1.34. The Balaban J connectivity index is 1.50. The van der Waals surface area contributed by atoms with E-state index in [-0.39, 0.29) is 23.0 Å². The number of aryl methyl sites for hydroxylation is 1. The molecule has 172 valence electrons. The molecule has 0 aromatic carbocycles. The van der Waals surface area contributed by atoms with E-state index in [9.17, 15) is 10.1 Å². The molecule has 1 unspecified atom stereocenters. The Kier molecular flexibility index (Phi) is 6.05. The lowest BCUT2D eigenvalue weighted by Gasteiger charge is -2.19. The van der Waals surface area contributed by atoms with Crippen LogP contribution in [-0.4, -0.2) is 54.7 Å². The summed E-state index contributed by atoms with van der Waals surface area (Å²) in [7, 11) is 0. The number of carbonyl (C=O) groups is 1. The highest BCUT2D eigenvalue weighted by atomic mass is 16.5. The minimum absolute atomic E-state index is 0.164. The van der Waals surface area contributed by atoms with Crippen LogP contribution in [0.25, 0.3) is 11.0 Å². The number of fused-ring (bicyclic) bond motifs is 1. The second-order valence-corrected chi connectivity index (χ2v) is 9.12. The zero-order chi connectivity index (χ0) is 23.6. The lowest BCUT2D eigenvalue weighted by atomic mass is 9.93. The molecular weight excluding hydrogens is 420 g/mol. The molecule has 0 spiro atoms. The number of carbonyl (C=O) groups excluding carboxylic acids is 1. The maximum absolute atomic E-state index is 12.8. The highest BCUT2D eigenvalue weighted by Crippen LogP contribution is 2.28. The fourth-order valence-electron chi connectivity index (χ4n) is 3.70. The van der Waals surface area contributed by atoms with E-state index in [0.717, 1.165) is 17.6 Å². The lowest BCUT2D eigenvalue weighted by Crippen LogP contribution is -2.32. The standard InChI is InChI=1S/C23H28N8O2/c1-5-31-13-16(12-26-31)27-22-28-19-18(6-8-25-19)20(29-22)33-17-7-9-30(14-17)21(32)15(11-24)10-23(2,3)4/h6,8,10,12-13,17H,5,7,9,14H2,1-4H3,(H2,25,27,28,29)/b15-10+. The number of aromatic nitrogens is 5. The number of likely N-dealkylation sites (tertiary alicyclic amines) is 1. The molecule has 4 rings (SSSR count). The minimum atomic E-state index is -0.261. The second kappa shape index (κ2) is 8.94. The minimum Gasteiger partial charge on any atom is -0.472 e. The molecule has 4 heterocycles. The van der Waals surface area contributed by atoms with Crippen molar-refractivity contribution in [3.05, 3.63) is 36.3 Å². The molecular formula is C23H28N8O2. The summed E-state index contributed by atoms with van der Waals surface area (Å²) in [6.45, 7) is 9.58. The van der Waals surface area contributed by atoms with Crippen LogP contribution >= 0.6 is 0 Å². The molecule has 1 fully saturated rings. The normalized spacial score (nSPS) is 16.8. The fraction of sp³-hybridized carbons (Fsp3) is 0.435. The van der Waals surface area contributed by atoms with Crippen molar-refractivity contribution in [1.82, 2.24) is 29.6 Å². The lowest BCUT2D eigenvalue weighted by molar-refractivity contribution is -0.126. The van der Waals surface area contributed by atoms with Crippen molar-refractivity contribution in [2.24, 2.45) is 5.41 Å². The van der Waals surface area contributed by atoms with Gasteiger partial charge >= 0.3 is 0 Å². The molecule has 33 heavy (non-hydrogen) atoms. The maximum Gasteiger partial charge on any atom is 0.264 e. The van der Waals surface area contributed by atoms with Crippen LogP contribution in [0.1, 0.15) is 34.1 Å². The van der Waals surface area contributed by atoms with E-state index in [2.05, 4.69) is 25.4 Å². The number of nitrogens with zero attached hydrogens (tertiary/aromatic N) is 6. The van der Waals surface area contributed by atoms with E-state index in [1.54, 1.807) is 28.1 Å². The number of amides is 1. The van der Waals surface area contributed by atoms with Gasteiger partial charge in [-0.3, -0.25) is 9.48 Å². The van der Waals surface area contributed by atoms with Crippen LogP contribution in [0.4, 0.5) is 11.6 Å². The molecule has 3 aromatic rings. The highest BCUT2D eigenvalue weighted by molar-refractivity contribution is 5.97. The zero-order valence-corrected chi connectivity index (χ0v) is 19.3. The number of hydrogen-bond donors (Lipinski definition) is 2. The smallest absolute Gasteiger partial charge is 0.264 e. The van der Waals surface area contributed by atoms with Gasteiger partial charge in [-0.05, 0) is 18.4 Å². The molecule has 0 aliphatic carbocycles. The number of nitrogens with one attached hydrogen (secondary N) is 2. The van der Waals surface area contributed by atoms with Crippen molar-refractivity contribution >= 4 is 28.6 Å². The van der Waals surface area contributed by atoms with Crippen LogP contribution in [-0.2, 0) is 11.3 Å². The van der Waals surface area contributed by atoms with Gasteiger partial charge in [-0.15, -0.1) is 0 Å². The Labute approximate surface area is 192 Å². The molecule has 2 N–H and O–H groups in total. The highest BCUT2D eigenvalue weighted by Gasteiger charge is 2.31. The number of H-pyrrole nitrogens is 1. The summed E-state index contributed by atoms with van der Waals surface area (Å²) in [5, 5.41) is 17.6. The van der Waals surface area contributed by atoms with Crippen LogP contribution in [0.5, 0.6) is 5.88 Å². The quantitative estimate of drug-likeness (QED) is 0.437. The fourth-order valence-corrected chi connectivity index (χ4v) is 3.70. The largest absolute Gasteiger partial charge is 0.472 e. The van der Waals surface area contributed by atoms with Gasteiger partial charge in [0, 0.05) is 31.9 Å². The molecule has 0 saturated carbocycles. The van der Waals surface area contributed by atoms with Gasteiger partial charge in [-0.1, -0.05) is 26.8 Å². The molecule has 0 bridgehead atoms. The Morgan fingerprint density at radius 1 is 1.42 bits per heavy atom. The first-order valence-electron chi connectivity index (χ1n) is 11.0. The SMILES string of the molecule is CCn1cc(Nc2nc(OC3CCN(C(=O)/C(C#N)=C/C(C)(C)C)C3)c3cc[nH]c3n2)cn1. The third-order valence-corrected chi connectivity index (χ3v) is 5.23. The average Bonchev–Trinajstić information content (AvgIpc) is 3.51. The van der Waals surface area contributed by atoms with Crippen molar-refractivity contribution in [3.63, 3.8) is 0 Å². The number of nitriles is 1. The van der Waals surface area contributed by atoms with E-state index in [0.29, 0.717) is 37.0 Å². The van der Waals surface area contributed by atoms with E-state index in [1.807, 2.05) is 46.0 Å². The zero-order valence-electron chi connectivity index (χ0n) is 19.3. The first kappa shape index (κ1) is 22.3. The molecule has 1 aliphatic heterocycles. The molecule has 10 heteroatoms. The van der Waals surface area contributed by atoms with Crippen molar-refractivity contribution < 1.29 is 9.53 Å². The van der Waals surface area contributed by atoms with Crippen LogP contribution in [0.3, 0.4) is 0 Å². The van der Waals surface area contributed by atoms with Crippen LogP contribution in [0.2, 0.25) is 0 Å². The topological polar surface area (TPSA) is 125 Å². The predicted molar refractivity (Wildman–Crippen MR) is 124 cm³/mol. The van der Waals surface area contributed by atoms with Gasteiger partial charge < -0.3 is 19.9 Å². The average molecular weight is 449 g/mol. The van der Waals surface area contributed by atoms with Gasteiger partial charge in [-0.25, -0.2) is 0 Å². The number of anilines is 2. The predicted octanol–water partition coefficient (Wildman–Crippen LogP) is 3.39. The molecule has 1 amide bonds. The molecule has 3 aromatic heterocycles. The van der Waals surface area contributed by atoms with Gasteiger partial charge in [0.1, 0.15) is 23.4 Å². The van der Waals surface area contributed by atoms with E-state index < -0.39 is 0 Å². The summed E-state index contributed by atoms with van der Waals surface area (Å²) in [6, 6.07) is 3.91. The summed E-state index contributed by atoms with van der Waals surface area (Å²) in [5.74, 6) is 0.571. The summed E-state index contributed by atoms with van der Waals surface area (Å²) < 4.78 is 8.02. The van der Waals surface area contributed by atoms with Crippen molar-refractivity contribution in [2.75, 3.05) is 18.4 Å². The third-order valence-electron chi connectivity index (χ3n) is 5.23. The van der Waals surface area contributed by atoms with E-state index >= 15 is 0 Å². The van der Waals surface area contributed by atoms with Crippen LogP contribution in [0.15, 0.2) is 36.3 Å². The Morgan fingerprint density at radius 2 is 2.24 bits per heavy atom. The van der Waals surface area contributed by atoms with Gasteiger partial charge in [0.25, 0.3) is 5.91 Å². The van der Waals surface area contributed by atoms with Gasteiger partial charge in [0.2, 0.25) is 11.8 Å². The Hall–Kier alpha value is -3.87. The summed E-state index contributed by atoms with van der Waals surface area (Å²) in [4.78, 5) is 26.7. The van der Waals surface area contributed by atoms with Crippen LogP contribution < -0.4 is 10.1 Å². The molecule has 1 atom stereocenters. The number of ether oxygens (including phenoxy) is 1. The van der Waals surface area contributed by atoms with Crippen molar-refractivity contribution in [1.29, 1.82) is 5.26 Å². The Morgan fingerprint density at radius 3 is 2.94 bits per heavy atom. The number of rotatable bonds is 6.